The van der Waals surface area contributed by atoms with E-state index >= 15 is 0 Å². The zero-order valence-corrected chi connectivity index (χ0v) is 12.9. The summed E-state index contributed by atoms with van der Waals surface area (Å²) in [6, 6.07) is 4.73. The summed E-state index contributed by atoms with van der Waals surface area (Å²) in [4.78, 5) is 23.2. The number of ether oxygens (including phenoxy) is 1. The smallest absolute Gasteiger partial charge is 0.308 e. The Hall–Kier alpha value is -1.75. The first-order valence-corrected chi connectivity index (χ1v) is 7.30. The molecule has 1 aromatic rings. The Morgan fingerprint density at radius 3 is 2.67 bits per heavy atom. The van der Waals surface area contributed by atoms with Gasteiger partial charge in [-0.05, 0) is 31.5 Å². The quantitative estimate of drug-likeness (QED) is 0.773. The topological polar surface area (TPSA) is 75.6 Å². The summed E-state index contributed by atoms with van der Waals surface area (Å²) in [7, 11) is 0. The molecule has 0 radical (unpaired) electrons. The van der Waals surface area contributed by atoms with Gasteiger partial charge in [0, 0.05) is 11.6 Å². The number of hydrogen-bond donors (Lipinski definition) is 2. The number of carbonyl (C=O) groups excluding carboxylic acids is 1. The van der Waals surface area contributed by atoms with Gasteiger partial charge in [0.1, 0.15) is 5.75 Å². The molecule has 5 nitrogen and oxygen atoms in total. The van der Waals surface area contributed by atoms with Crippen molar-refractivity contribution in [2.75, 3.05) is 13.2 Å². The van der Waals surface area contributed by atoms with Gasteiger partial charge in [-0.1, -0.05) is 24.9 Å². The maximum atomic E-state index is 12.2. The van der Waals surface area contributed by atoms with E-state index in [4.69, 9.17) is 21.4 Å². The van der Waals surface area contributed by atoms with Crippen LogP contribution >= 0.6 is 11.6 Å². The number of benzene rings is 1. The molecule has 1 rings (SSSR count). The lowest BCUT2D eigenvalue weighted by Gasteiger charge is -2.14. The first-order chi connectivity index (χ1) is 9.99. The van der Waals surface area contributed by atoms with Crippen LogP contribution in [0.5, 0.6) is 5.75 Å². The predicted octanol–water partition coefficient (Wildman–Crippen LogP) is 2.97. The molecule has 0 spiro atoms. The third-order valence-electron chi connectivity index (χ3n) is 2.98. The molecule has 0 aromatic heterocycles. The van der Waals surface area contributed by atoms with Crippen molar-refractivity contribution >= 4 is 23.5 Å². The van der Waals surface area contributed by atoms with Gasteiger partial charge in [-0.2, -0.15) is 0 Å². The summed E-state index contributed by atoms with van der Waals surface area (Å²) in [6.45, 7) is 4.22. The second kappa shape index (κ2) is 8.52. The zero-order valence-electron chi connectivity index (χ0n) is 12.2. The minimum Gasteiger partial charge on any atom is -0.493 e. The molecule has 1 atom stereocenters. The van der Waals surface area contributed by atoms with Crippen LogP contribution < -0.4 is 10.1 Å². The fourth-order valence-electron chi connectivity index (χ4n) is 1.93. The Labute approximate surface area is 129 Å². The van der Waals surface area contributed by atoms with Crippen molar-refractivity contribution in [2.24, 2.45) is 5.92 Å². The maximum Gasteiger partial charge on any atom is 0.308 e. The minimum atomic E-state index is -0.904. The molecule has 116 valence electrons. The van der Waals surface area contributed by atoms with Gasteiger partial charge in [0.25, 0.3) is 5.91 Å². The van der Waals surface area contributed by atoms with E-state index in [0.717, 1.165) is 6.42 Å². The van der Waals surface area contributed by atoms with Crippen LogP contribution in [0.3, 0.4) is 0 Å². The number of carboxylic acid groups (broad SMARTS) is 1. The molecule has 1 amide bonds. The highest BCUT2D eigenvalue weighted by Gasteiger charge is 2.19. The summed E-state index contributed by atoms with van der Waals surface area (Å²) < 4.78 is 5.38. The van der Waals surface area contributed by atoms with Gasteiger partial charge in [-0.3, -0.25) is 9.59 Å². The monoisotopic (exact) mass is 313 g/mol. The van der Waals surface area contributed by atoms with Gasteiger partial charge in [0.05, 0.1) is 18.1 Å². The number of rotatable bonds is 8. The van der Waals surface area contributed by atoms with Crippen molar-refractivity contribution in [2.45, 2.75) is 26.7 Å². The van der Waals surface area contributed by atoms with E-state index in [0.29, 0.717) is 29.4 Å². The van der Waals surface area contributed by atoms with Gasteiger partial charge in [-0.15, -0.1) is 0 Å². The summed E-state index contributed by atoms with van der Waals surface area (Å²) >= 11 is 5.88. The van der Waals surface area contributed by atoms with E-state index in [-0.39, 0.29) is 12.5 Å². The van der Waals surface area contributed by atoms with Crippen LogP contribution in [-0.4, -0.2) is 30.1 Å². The van der Waals surface area contributed by atoms with Gasteiger partial charge in [0.15, 0.2) is 0 Å². The first-order valence-electron chi connectivity index (χ1n) is 6.92. The standard InChI is InChI=1S/C15H20ClNO4/c1-3-5-10(15(19)20)9-17-14(18)12-7-6-11(16)8-13(12)21-4-2/h6-8,10H,3-5,9H2,1-2H3,(H,17,18)(H,19,20). The number of aliphatic carboxylic acids is 1. The minimum absolute atomic E-state index is 0.0935. The zero-order chi connectivity index (χ0) is 15.8. The second-order valence-electron chi connectivity index (χ2n) is 4.61. The summed E-state index contributed by atoms with van der Waals surface area (Å²) in [5, 5.41) is 12.2. The molecule has 0 aliphatic carbocycles. The maximum absolute atomic E-state index is 12.2. The normalized spacial score (nSPS) is 11.8. The van der Waals surface area contributed by atoms with Crippen LogP contribution in [0, 0.1) is 5.92 Å². The van der Waals surface area contributed by atoms with Crippen molar-refractivity contribution in [3.05, 3.63) is 28.8 Å². The van der Waals surface area contributed by atoms with Crippen molar-refractivity contribution in [3.8, 4) is 5.75 Å². The molecule has 0 aliphatic heterocycles. The van der Waals surface area contributed by atoms with E-state index in [1.54, 1.807) is 18.2 Å². The molecular weight excluding hydrogens is 294 g/mol. The molecule has 2 N–H and O–H groups in total. The number of nitrogens with one attached hydrogen (secondary N) is 1. The third-order valence-corrected chi connectivity index (χ3v) is 3.22. The molecule has 0 saturated heterocycles. The average molecular weight is 314 g/mol. The number of halogens is 1. The highest BCUT2D eigenvalue weighted by Crippen LogP contribution is 2.23. The van der Waals surface area contributed by atoms with Crippen LogP contribution in [0.4, 0.5) is 0 Å². The van der Waals surface area contributed by atoms with Crippen LogP contribution in [0.15, 0.2) is 18.2 Å². The number of carboxylic acids is 1. The van der Waals surface area contributed by atoms with Crippen LogP contribution in [-0.2, 0) is 4.79 Å². The number of amides is 1. The van der Waals surface area contributed by atoms with E-state index < -0.39 is 11.9 Å². The fraction of sp³-hybridized carbons (Fsp3) is 0.467. The van der Waals surface area contributed by atoms with E-state index in [2.05, 4.69) is 5.32 Å². The molecule has 0 fully saturated rings. The van der Waals surface area contributed by atoms with Crippen LogP contribution in [0.1, 0.15) is 37.0 Å². The molecule has 0 aliphatic rings. The summed E-state index contributed by atoms with van der Waals surface area (Å²) in [5.74, 6) is -1.46. The van der Waals surface area contributed by atoms with Gasteiger partial charge < -0.3 is 15.2 Å². The Morgan fingerprint density at radius 1 is 1.38 bits per heavy atom. The lowest BCUT2D eigenvalue weighted by atomic mass is 10.0. The Bertz CT molecular complexity index is 504. The number of hydrogen-bond acceptors (Lipinski definition) is 3. The van der Waals surface area contributed by atoms with Crippen molar-refractivity contribution in [3.63, 3.8) is 0 Å². The second-order valence-corrected chi connectivity index (χ2v) is 5.04. The van der Waals surface area contributed by atoms with Gasteiger partial charge in [0.2, 0.25) is 0 Å². The molecule has 6 heteroatoms. The third kappa shape index (κ3) is 5.27. The van der Waals surface area contributed by atoms with E-state index in [1.807, 2.05) is 13.8 Å². The van der Waals surface area contributed by atoms with Crippen molar-refractivity contribution in [1.82, 2.24) is 5.32 Å². The molecule has 1 unspecified atom stereocenters. The fourth-order valence-corrected chi connectivity index (χ4v) is 2.09. The summed E-state index contributed by atoms with van der Waals surface area (Å²) in [5.41, 5.74) is 0.349. The molecule has 1 aromatic carbocycles. The molecule has 0 heterocycles. The Kier molecular flexibility index (Phi) is 7.02. The van der Waals surface area contributed by atoms with E-state index in [1.165, 1.54) is 0 Å². The van der Waals surface area contributed by atoms with E-state index in [9.17, 15) is 9.59 Å². The summed E-state index contributed by atoms with van der Waals surface area (Å²) in [6.07, 6.45) is 1.27. The SMILES string of the molecule is CCCC(CNC(=O)c1ccc(Cl)cc1OCC)C(=O)O. The first kappa shape index (κ1) is 17.3. The van der Waals surface area contributed by atoms with Crippen molar-refractivity contribution < 1.29 is 19.4 Å². The average Bonchev–Trinajstić information content (AvgIpc) is 2.43. The molecule has 0 saturated carbocycles. The molecule has 21 heavy (non-hydrogen) atoms. The Morgan fingerprint density at radius 2 is 2.10 bits per heavy atom. The highest BCUT2D eigenvalue weighted by atomic mass is 35.5. The lowest BCUT2D eigenvalue weighted by molar-refractivity contribution is -0.141. The highest BCUT2D eigenvalue weighted by molar-refractivity contribution is 6.30. The largest absolute Gasteiger partial charge is 0.493 e. The Balaban J connectivity index is 2.77. The predicted molar refractivity (Wildman–Crippen MR) is 81.0 cm³/mol. The van der Waals surface area contributed by atoms with Crippen molar-refractivity contribution in [1.29, 1.82) is 0 Å². The van der Waals surface area contributed by atoms with Crippen LogP contribution in [0.2, 0.25) is 5.02 Å². The van der Waals surface area contributed by atoms with Crippen LogP contribution in [0.25, 0.3) is 0 Å². The number of carbonyl (C=O) groups is 2. The molecular formula is C15H20ClNO4. The van der Waals surface area contributed by atoms with Gasteiger partial charge in [-0.25, -0.2) is 0 Å². The molecule has 0 bridgehead atoms. The van der Waals surface area contributed by atoms with Gasteiger partial charge >= 0.3 is 5.97 Å². The lowest BCUT2D eigenvalue weighted by Crippen LogP contribution is -2.33.